The molecular weight excluding hydrogens is 318 g/mol. The zero-order chi connectivity index (χ0) is 19.3. The van der Waals surface area contributed by atoms with E-state index in [1.165, 1.54) is 103 Å². The van der Waals surface area contributed by atoms with Gasteiger partial charge in [-0.25, -0.2) is 0 Å². The summed E-state index contributed by atoms with van der Waals surface area (Å²) in [5.41, 5.74) is 5.50. The molecule has 0 spiro atoms. The fourth-order valence-electron chi connectivity index (χ4n) is 3.82. The Balaban J connectivity index is 3.22. The van der Waals surface area contributed by atoms with Crippen LogP contribution < -0.4 is 5.73 Å². The summed E-state index contributed by atoms with van der Waals surface area (Å²) in [5, 5.41) is 0. The summed E-state index contributed by atoms with van der Waals surface area (Å²) in [4.78, 5) is 11.4. The van der Waals surface area contributed by atoms with Crippen molar-refractivity contribution in [3.05, 3.63) is 0 Å². The van der Waals surface area contributed by atoms with Crippen LogP contribution in [0.1, 0.15) is 142 Å². The molecule has 0 radical (unpaired) electrons. The fourth-order valence-corrected chi connectivity index (χ4v) is 3.82. The molecule has 0 saturated carbocycles. The Labute approximate surface area is 165 Å². The van der Waals surface area contributed by atoms with Gasteiger partial charge in [0.05, 0.1) is 0 Å². The number of carbonyl (C=O) groups is 1. The summed E-state index contributed by atoms with van der Waals surface area (Å²) in [6.07, 6.45) is 26.6. The highest BCUT2D eigenvalue weighted by atomic mass is 16.1. The molecule has 1 amide bonds. The molecule has 0 aromatic heterocycles. The van der Waals surface area contributed by atoms with E-state index in [2.05, 4.69) is 13.8 Å². The largest absolute Gasteiger partial charge is 0.369 e. The average Bonchev–Trinajstić information content (AvgIpc) is 2.63. The van der Waals surface area contributed by atoms with Crippen LogP contribution in [0.2, 0.25) is 0 Å². The van der Waals surface area contributed by atoms with E-state index in [4.69, 9.17) is 5.73 Å². The van der Waals surface area contributed by atoms with Gasteiger partial charge in [-0.3, -0.25) is 4.79 Å². The first kappa shape index (κ1) is 25.5. The molecule has 0 rings (SSSR count). The van der Waals surface area contributed by atoms with E-state index in [0.717, 1.165) is 25.7 Å². The predicted molar refractivity (Wildman–Crippen MR) is 116 cm³/mol. The number of rotatable bonds is 21. The summed E-state index contributed by atoms with van der Waals surface area (Å²) in [6, 6.07) is 0. The first-order valence-corrected chi connectivity index (χ1v) is 12.0. The first-order valence-electron chi connectivity index (χ1n) is 12.0. The van der Waals surface area contributed by atoms with Crippen LogP contribution in [-0.2, 0) is 4.79 Å². The van der Waals surface area contributed by atoms with Crippen molar-refractivity contribution in [2.75, 3.05) is 0 Å². The molecule has 0 aliphatic rings. The van der Waals surface area contributed by atoms with Crippen LogP contribution in [0.25, 0.3) is 0 Å². The molecular formula is C24H49NO. The van der Waals surface area contributed by atoms with Crippen LogP contribution >= 0.6 is 0 Å². The summed E-state index contributed by atoms with van der Waals surface area (Å²) >= 11 is 0. The highest BCUT2D eigenvalue weighted by molar-refractivity contribution is 5.76. The molecule has 26 heavy (non-hydrogen) atoms. The van der Waals surface area contributed by atoms with E-state index in [-0.39, 0.29) is 11.8 Å². The number of hydrogen-bond acceptors (Lipinski definition) is 1. The minimum absolute atomic E-state index is 0.0839. The van der Waals surface area contributed by atoms with Gasteiger partial charge in [0.15, 0.2) is 0 Å². The van der Waals surface area contributed by atoms with Gasteiger partial charge >= 0.3 is 0 Å². The van der Waals surface area contributed by atoms with Crippen molar-refractivity contribution in [2.24, 2.45) is 11.7 Å². The van der Waals surface area contributed by atoms with Crippen LogP contribution in [0.5, 0.6) is 0 Å². The molecule has 0 heterocycles. The van der Waals surface area contributed by atoms with E-state index < -0.39 is 0 Å². The van der Waals surface area contributed by atoms with Crippen LogP contribution in [0.4, 0.5) is 0 Å². The molecule has 0 aliphatic heterocycles. The number of carbonyl (C=O) groups excluding carboxylic acids is 1. The Hall–Kier alpha value is -0.530. The molecule has 156 valence electrons. The van der Waals surface area contributed by atoms with Crippen LogP contribution in [0, 0.1) is 5.92 Å². The number of hydrogen-bond donors (Lipinski definition) is 1. The number of amides is 1. The molecule has 2 heteroatoms. The molecule has 0 aliphatic carbocycles. The lowest BCUT2D eigenvalue weighted by atomic mass is 9.94. The lowest BCUT2D eigenvalue weighted by Gasteiger charge is -2.12. The Morgan fingerprint density at radius 2 is 0.846 bits per heavy atom. The van der Waals surface area contributed by atoms with Crippen molar-refractivity contribution in [3.63, 3.8) is 0 Å². The van der Waals surface area contributed by atoms with Gasteiger partial charge in [-0.15, -0.1) is 0 Å². The van der Waals surface area contributed by atoms with Crippen molar-refractivity contribution >= 4 is 5.91 Å². The van der Waals surface area contributed by atoms with Gasteiger partial charge in [-0.05, 0) is 12.8 Å². The van der Waals surface area contributed by atoms with Gasteiger partial charge < -0.3 is 5.73 Å². The van der Waals surface area contributed by atoms with Crippen molar-refractivity contribution < 1.29 is 4.79 Å². The molecule has 2 N–H and O–H groups in total. The quantitative estimate of drug-likeness (QED) is 0.206. The lowest BCUT2D eigenvalue weighted by molar-refractivity contribution is -0.122. The van der Waals surface area contributed by atoms with E-state index >= 15 is 0 Å². The third kappa shape index (κ3) is 18.3. The van der Waals surface area contributed by atoms with Crippen LogP contribution in [-0.4, -0.2) is 5.91 Å². The van der Waals surface area contributed by atoms with Gasteiger partial charge in [0.2, 0.25) is 5.91 Å². The lowest BCUT2D eigenvalue weighted by Crippen LogP contribution is -2.23. The minimum atomic E-state index is -0.0839. The molecule has 1 atom stereocenters. The van der Waals surface area contributed by atoms with Crippen LogP contribution in [0.3, 0.4) is 0 Å². The third-order valence-electron chi connectivity index (χ3n) is 5.71. The normalized spacial score (nSPS) is 12.4. The fraction of sp³-hybridized carbons (Fsp3) is 0.958. The van der Waals surface area contributed by atoms with E-state index in [9.17, 15) is 4.79 Å². The van der Waals surface area contributed by atoms with Crippen LogP contribution in [0.15, 0.2) is 0 Å². The van der Waals surface area contributed by atoms with Crippen molar-refractivity contribution in [1.82, 2.24) is 0 Å². The standard InChI is InChI=1S/C24H49NO/c1-3-5-7-8-9-10-11-12-13-14-15-16-17-18-19-20-22-23(24(25)26)21-6-4-2/h23H,3-22H2,1-2H3,(H2,25,26). The van der Waals surface area contributed by atoms with Gasteiger partial charge in [0, 0.05) is 5.92 Å². The summed E-state index contributed by atoms with van der Waals surface area (Å²) in [5.74, 6) is 0.0426. The maximum Gasteiger partial charge on any atom is 0.220 e. The monoisotopic (exact) mass is 367 g/mol. The van der Waals surface area contributed by atoms with Crippen molar-refractivity contribution in [1.29, 1.82) is 0 Å². The Morgan fingerprint density at radius 1 is 0.538 bits per heavy atom. The maximum absolute atomic E-state index is 11.4. The second kappa shape index (κ2) is 20.8. The Kier molecular flexibility index (Phi) is 20.4. The number of nitrogens with two attached hydrogens (primary N) is 1. The number of primary amides is 1. The van der Waals surface area contributed by atoms with E-state index in [1.807, 2.05) is 0 Å². The average molecular weight is 368 g/mol. The topological polar surface area (TPSA) is 43.1 Å². The molecule has 0 saturated heterocycles. The van der Waals surface area contributed by atoms with E-state index in [0.29, 0.717) is 0 Å². The second-order valence-corrected chi connectivity index (χ2v) is 8.33. The van der Waals surface area contributed by atoms with Gasteiger partial charge in [-0.2, -0.15) is 0 Å². The molecule has 2 nitrogen and oxygen atoms in total. The molecule has 0 bridgehead atoms. The minimum Gasteiger partial charge on any atom is -0.369 e. The zero-order valence-corrected chi connectivity index (χ0v) is 18.2. The highest BCUT2D eigenvalue weighted by Crippen LogP contribution is 2.18. The molecule has 0 aromatic rings. The third-order valence-corrected chi connectivity index (χ3v) is 5.71. The van der Waals surface area contributed by atoms with Gasteiger partial charge in [-0.1, -0.05) is 129 Å². The van der Waals surface area contributed by atoms with Crippen molar-refractivity contribution in [2.45, 2.75) is 142 Å². The molecule has 0 fully saturated rings. The zero-order valence-electron chi connectivity index (χ0n) is 18.2. The summed E-state index contributed by atoms with van der Waals surface area (Å²) in [6.45, 7) is 4.46. The summed E-state index contributed by atoms with van der Waals surface area (Å²) < 4.78 is 0. The van der Waals surface area contributed by atoms with Crippen molar-refractivity contribution in [3.8, 4) is 0 Å². The highest BCUT2D eigenvalue weighted by Gasteiger charge is 2.13. The second-order valence-electron chi connectivity index (χ2n) is 8.33. The first-order chi connectivity index (χ1) is 12.7. The van der Waals surface area contributed by atoms with E-state index in [1.54, 1.807) is 0 Å². The summed E-state index contributed by atoms with van der Waals surface area (Å²) in [7, 11) is 0. The van der Waals surface area contributed by atoms with Gasteiger partial charge in [0.25, 0.3) is 0 Å². The maximum atomic E-state index is 11.4. The molecule has 0 aromatic carbocycles. The SMILES string of the molecule is CCCCCCCCCCCCCCCCCCC(CCCC)C(N)=O. The predicted octanol–water partition coefficient (Wildman–Crippen LogP) is 7.93. The Bertz CT molecular complexity index is 290. The van der Waals surface area contributed by atoms with Gasteiger partial charge in [0.1, 0.15) is 0 Å². The number of unbranched alkanes of at least 4 members (excludes halogenated alkanes) is 16. The Morgan fingerprint density at radius 3 is 1.19 bits per heavy atom. The smallest absolute Gasteiger partial charge is 0.220 e. The molecule has 1 unspecified atom stereocenters.